The topological polar surface area (TPSA) is 20.2 Å². The first-order chi connectivity index (χ1) is 8.05. The Bertz CT molecular complexity index is 413. The van der Waals surface area contributed by atoms with Crippen LogP contribution < -0.4 is 0 Å². The normalized spacial score (nSPS) is 10.8. The zero-order chi connectivity index (χ0) is 12.7. The van der Waals surface area contributed by atoms with Gasteiger partial charge >= 0.3 is 6.18 Å². The third-order valence-corrected chi connectivity index (χ3v) is 2.17. The van der Waals surface area contributed by atoms with Crippen LogP contribution in [0.25, 0.3) is 0 Å². The van der Waals surface area contributed by atoms with Crippen LogP contribution >= 0.6 is 0 Å². The fourth-order valence-corrected chi connectivity index (χ4v) is 1.32. The van der Waals surface area contributed by atoms with Crippen molar-refractivity contribution in [3.63, 3.8) is 0 Å². The molecule has 92 valence electrons. The lowest BCUT2D eigenvalue weighted by Gasteiger charge is -2.07. The van der Waals surface area contributed by atoms with Crippen LogP contribution in [0.3, 0.4) is 0 Å². The fraction of sp³-hybridized carbons (Fsp3) is 0.385. The molecule has 0 aliphatic heterocycles. The number of benzene rings is 1. The lowest BCUT2D eigenvalue weighted by Crippen LogP contribution is -2.07. The molecular formula is C13H13F3O. The average molecular weight is 242 g/mol. The Morgan fingerprint density at radius 2 is 1.82 bits per heavy atom. The highest BCUT2D eigenvalue weighted by Gasteiger charge is 2.32. The van der Waals surface area contributed by atoms with Gasteiger partial charge in [-0.3, -0.25) is 0 Å². The van der Waals surface area contributed by atoms with E-state index in [0.717, 1.165) is 6.07 Å². The molecule has 0 unspecified atom stereocenters. The first-order valence-corrected chi connectivity index (χ1v) is 5.31. The molecule has 0 saturated carbocycles. The number of aliphatic hydroxyl groups is 1. The molecule has 0 atom stereocenters. The van der Waals surface area contributed by atoms with Crippen LogP contribution in [-0.2, 0) is 6.18 Å². The zero-order valence-electron chi connectivity index (χ0n) is 9.22. The number of hydrogen-bond acceptors (Lipinski definition) is 1. The molecule has 0 aromatic heterocycles. The lowest BCUT2D eigenvalue weighted by atomic mass is 10.1. The second-order valence-electron chi connectivity index (χ2n) is 3.53. The lowest BCUT2D eigenvalue weighted by molar-refractivity contribution is -0.137. The van der Waals surface area contributed by atoms with Crippen molar-refractivity contribution in [1.82, 2.24) is 0 Å². The van der Waals surface area contributed by atoms with Crippen LogP contribution in [0.5, 0.6) is 0 Å². The van der Waals surface area contributed by atoms with Crippen LogP contribution in [0.2, 0.25) is 0 Å². The monoisotopic (exact) mass is 242 g/mol. The largest absolute Gasteiger partial charge is 0.417 e. The molecule has 1 aromatic rings. The minimum atomic E-state index is -4.36. The Labute approximate surface area is 98.3 Å². The zero-order valence-corrected chi connectivity index (χ0v) is 9.22. The van der Waals surface area contributed by atoms with Crippen LogP contribution in [0.4, 0.5) is 13.2 Å². The quantitative estimate of drug-likeness (QED) is 0.637. The fourth-order valence-electron chi connectivity index (χ4n) is 1.32. The van der Waals surface area contributed by atoms with E-state index in [0.29, 0.717) is 19.3 Å². The molecule has 0 spiro atoms. The molecule has 0 heterocycles. The molecule has 1 aromatic carbocycles. The molecular weight excluding hydrogens is 229 g/mol. The first-order valence-electron chi connectivity index (χ1n) is 5.31. The summed E-state index contributed by atoms with van der Waals surface area (Å²) in [4.78, 5) is 0. The van der Waals surface area contributed by atoms with Crippen molar-refractivity contribution < 1.29 is 18.3 Å². The Balaban J connectivity index is 2.77. The van der Waals surface area contributed by atoms with Gasteiger partial charge in [0, 0.05) is 18.6 Å². The molecule has 4 heteroatoms. The van der Waals surface area contributed by atoms with Crippen LogP contribution in [-0.4, -0.2) is 11.7 Å². The Morgan fingerprint density at radius 1 is 1.12 bits per heavy atom. The van der Waals surface area contributed by atoms with Crippen LogP contribution in [0.15, 0.2) is 24.3 Å². The van der Waals surface area contributed by atoms with Crippen molar-refractivity contribution in [2.24, 2.45) is 0 Å². The smallest absolute Gasteiger partial charge is 0.396 e. The predicted molar refractivity (Wildman–Crippen MR) is 59.3 cm³/mol. The minimum Gasteiger partial charge on any atom is -0.396 e. The van der Waals surface area contributed by atoms with Crippen molar-refractivity contribution in [2.75, 3.05) is 6.61 Å². The highest BCUT2D eigenvalue weighted by atomic mass is 19.4. The maximum atomic E-state index is 12.6. The van der Waals surface area contributed by atoms with Gasteiger partial charge in [0.25, 0.3) is 0 Å². The van der Waals surface area contributed by atoms with E-state index >= 15 is 0 Å². The molecule has 1 N–H and O–H groups in total. The van der Waals surface area contributed by atoms with E-state index in [4.69, 9.17) is 5.11 Å². The summed E-state index contributed by atoms with van der Waals surface area (Å²) in [6.45, 7) is 0.0841. The van der Waals surface area contributed by atoms with E-state index in [1.54, 1.807) is 0 Å². The second kappa shape index (κ2) is 6.31. The van der Waals surface area contributed by atoms with Gasteiger partial charge in [-0.05, 0) is 25.0 Å². The van der Waals surface area contributed by atoms with Gasteiger partial charge in [0.15, 0.2) is 0 Å². The van der Waals surface area contributed by atoms with Crippen LogP contribution in [0.1, 0.15) is 30.4 Å². The van der Waals surface area contributed by atoms with Gasteiger partial charge in [0.1, 0.15) is 0 Å². The van der Waals surface area contributed by atoms with Gasteiger partial charge in [0.05, 0.1) is 5.56 Å². The molecule has 0 aliphatic carbocycles. The van der Waals surface area contributed by atoms with E-state index in [1.807, 2.05) is 0 Å². The van der Waals surface area contributed by atoms with Gasteiger partial charge in [-0.1, -0.05) is 24.0 Å². The highest BCUT2D eigenvalue weighted by Crippen LogP contribution is 2.31. The summed E-state index contributed by atoms with van der Waals surface area (Å²) in [5, 5.41) is 8.54. The van der Waals surface area contributed by atoms with Gasteiger partial charge in [0.2, 0.25) is 0 Å². The SMILES string of the molecule is OCCCCC#Cc1ccccc1C(F)(F)F. The molecule has 0 radical (unpaired) electrons. The summed E-state index contributed by atoms with van der Waals surface area (Å²) in [7, 11) is 0. The Hall–Kier alpha value is -1.47. The number of rotatable bonds is 3. The Morgan fingerprint density at radius 3 is 2.47 bits per heavy atom. The molecule has 1 rings (SSSR count). The molecule has 0 saturated heterocycles. The van der Waals surface area contributed by atoms with Gasteiger partial charge in [-0.15, -0.1) is 0 Å². The van der Waals surface area contributed by atoms with E-state index in [2.05, 4.69) is 11.8 Å². The predicted octanol–water partition coefficient (Wildman–Crippen LogP) is 3.22. The van der Waals surface area contributed by atoms with Crippen molar-refractivity contribution in [1.29, 1.82) is 0 Å². The summed E-state index contributed by atoms with van der Waals surface area (Å²) in [5.74, 6) is 5.21. The third kappa shape index (κ3) is 4.49. The maximum Gasteiger partial charge on any atom is 0.417 e. The number of hydrogen-bond donors (Lipinski definition) is 1. The molecule has 0 fully saturated rings. The van der Waals surface area contributed by atoms with E-state index in [9.17, 15) is 13.2 Å². The number of aliphatic hydroxyl groups excluding tert-OH is 1. The van der Waals surface area contributed by atoms with Crippen LogP contribution in [0, 0.1) is 11.8 Å². The average Bonchev–Trinajstić information content (AvgIpc) is 2.28. The summed E-state index contributed by atoms with van der Waals surface area (Å²) in [6, 6.07) is 5.27. The molecule has 0 aliphatic rings. The molecule has 0 bridgehead atoms. The molecule has 17 heavy (non-hydrogen) atoms. The van der Waals surface area contributed by atoms with E-state index < -0.39 is 11.7 Å². The maximum absolute atomic E-state index is 12.6. The summed E-state index contributed by atoms with van der Waals surface area (Å²) in [5.41, 5.74) is -0.696. The number of halogens is 3. The Kier molecular flexibility index (Phi) is 5.05. The summed E-state index contributed by atoms with van der Waals surface area (Å²) < 4.78 is 37.7. The summed E-state index contributed by atoms with van der Waals surface area (Å²) in [6.07, 6.45) is -2.56. The summed E-state index contributed by atoms with van der Waals surface area (Å²) >= 11 is 0. The molecule has 1 nitrogen and oxygen atoms in total. The van der Waals surface area contributed by atoms with Gasteiger partial charge in [-0.2, -0.15) is 13.2 Å². The second-order valence-corrected chi connectivity index (χ2v) is 3.53. The van der Waals surface area contributed by atoms with Crippen molar-refractivity contribution in [3.05, 3.63) is 35.4 Å². The first kappa shape index (κ1) is 13.6. The van der Waals surface area contributed by atoms with Gasteiger partial charge < -0.3 is 5.11 Å². The van der Waals surface area contributed by atoms with Crippen molar-refractivity contribution >= 4 is 0 Å². The third-order valence-electron chi connectivity index (χ3n) is 2.17. The van der Waals surface area contributed by atoms with Crippen molar-refractivity contribution in [2.45, 2.75) is 25.4 Å². The standard InChI is InChI=1S/C13H13F3O/c14-13(15,16)12-9-5-4-8-11(12)7-3-1-2-6-10-17/h4-5,8-9,17H,1-2,6,10H2. The molecule has 0 amide bonds. The number of alkyl halides is 3. The van der Waals surface area contributed by atoms with Gasteiger partial charge in [-0.25, -0.2) is 0 Å². The van der Waals surface area contributed by atoms with E-state index in [-0.39, 0.29) is 12.2 Å². The minimum absolute atomic E-state index is 0.00370. The highest BCUT2D eigenvalue weighted by molar-refractivity contribution is 5.42. The van der Waals surface area contributed by atoms with Crippen molar-refractivity contribution in [3.8, 4) is 11.8 Å². The van der Waals surface area contributed by atoms with E-state index in [1.165, 1.54) is 18.2 Å². The number of unbranched alkanes of at least 4 members (excludes halogenated alkanes) is 2.